The zero-order valence-corrected chi connectivity index (χ0v) is 18.7. The van der Waals surface area contributed by atoms with E-state index in [0.29, 0.717) is 17.2 Å². The number of epoxide rings is 1. The third-order valence-electron chi connectivity index (χ3n) is 5.30. The second-order valence-corrected chi connectivity index (χ2v) is 8.56. The van der Waals surface area contributed by atoms with Crippen LogP contribution in [0.2, 0.25) is 0 Å². The number of halogens is 2. The average Bonchev–Trinajstić information content (AvgIpc) is 3.36. The van der Waals surface area contributed by atoms with Crippen LogP contribution < -0.4 is 15.5 Å². The Morgan fingerprint density at radius 3 is 2.66 bits per heavy atom. The van der Waals surface area contributed by atoms with Gasteiger partial charge in [0.25, 0.3) is 0 Å². The number of rotatable bonds is 6. The van der Waals surface area contributed by atoms with E-state index < -0.39 is 23.8 Å². The van der Waals surface area contributed by atoms with Gasteiger partial charge in [0.05, 0.1) is 23.8 Å². The normalized spacial score (nSPS) is 28.2. The lowest BCUT2D eigenvalue weighted by Gasteiger charge is -2.17. The summed E-state index contributed by atoms with van der Waals surface area (Å²) in [7, 11) is 3.81. The summed E-state index contributed by atoms with van der Waals surface area (Å²) < 4.78 is 40.7. The Labute approximate surface area is 190 Å². The summed E-state index contributed by atoms with van der Waals surface area (Å²) in [5.41, 5.74) is 1.25. The molecule has 2 heterocycles. The van der Waals surface area contributed by atoms with Gasteiger partial charge in [0.2, 0.25) is 0 Å². The summed E-state index contributed by atoms with van der Waals surface area (Å²) in [5.74, 6) is -1.65. The topological polar surface area (TPSA) is 69.4 Å². The Bertz CT molecular complexity index is 1020. The van der Waals surface area contributed by atoms with Gasteiger partial charge in [0.15, 0.2) is 11.6 Å². The van der Waals surface area contributed by atoms with Crippen molar-refractivity contribution in [3.63, 3.8) is 0 Å². The largest absolute Gasteiger partial charge is 0.442 e. The van der Waals surface area contributed by atoms with Crippen molar-refractivity contribution < 1.29 is 23.0 Å². The standard InChI is InChI=1S/C22H24F2N4O3S/c1-12(32)25-10-15-11-28(22(29)30-15)14-8-16(23)20(17(24)9-14)26-18-6-4-13(27(2)3)5-7-19-21(18)31-19/h4-9,15,19,21,26H,10-11H2,1-3H3,(H,25,32)/b7-5-,13-4+,18-6+/t15-,19?,21?/m0/s1. The quantitative estimate of drug-likeness (QED) is 0.497. The number of allylic oxidation sites excluding steroid dienone is 3. The van der Waals surface area contributed by atoms with Crippen LogP contribution in [0, 0.1) is 11.6 Å². The van der Waals surface area contributed by atoms with Crippen molar-refractivity contribution in [2.24, 2.45) is 0 Å². The molecule has 2 saturated heterocycles. The van der Waals surface area contributed by atoms with Gasteiger partial charge in [-0.05, 0) is 25.2 Å². The number of cyclic esters (lactones) is 1. The maximum Gasteiger partial charge on any atom is 0.414 e. The molecule has 10 heteroatoms. The van der Waals surface area contributed by atoms with Gasteiger partial charge in [-0.1, -0.05) is 18.3 Å². The highest BCUT2D eigenvalue weighted by Crippen LogP contribution is 2.35. The monoisotopic (exact) mass is 462 g/mol. The highest BCUT2D eigenvalue weighted by Gasteiger charge is 2.41. The lowest BCUT2D eigenvalue weighted by molar-refractivity contribution is 0.143. The van der Waals surface area contributed by atoms with E-state index >= 15 is 0 Å². The number of fused-ring (bicyclic) bond motifs is 1. The molecule has 32 heavy (non-hydrogen) atoms. The Balaban J connectivity index is 1.52. The van der Waals surface area contributed by atoms with Crippen LogP contribution in [0.25, 0.3) is 0 Å². The highest BCUT2D eigenvalue weighted by molar-refractivity contribution is 7.80. The first-order chi connectivity index (χ1) is 15.2. The number of benzene rings is 1. The van der Waals surface area contributed by atoms with Crippen LogP contribution in [0.3, 0.4) is 0 Å². The molecule has 7 nitrogen and oxygen atoms in total. The van der Waals surface area contributed by atoms with Gasteiger partial charge < -0.3 is 25.0 Å². The molecule has 0 bridgehead atoms. The summed E-state index contributed by atoms with van der Waals surface area (Å²) >= 11 is 4.95. The van der Waals surface area contributed by atoms with E-state index in [2.05, 4.69) is 10.6 Å². The van der Waals surface area contributed by atoms with Crippen LogP contribution in [-0.4, -0.2) is 61.5 Å². The number of carbonyl (C=O) groups excluding carboxylic acids is 1. The van der Waals surface area contributed by atoms with E-state index in [4.69, 9.17) is 21.7 Å². The molecule has 0 radical (unpaired) electrons. The summed E-state index contributed by atoms with van der Waals surface area (Å²) in [5, 5.41) is 5.76. The molecule has 2 fully saturated rings. The zero-order chi connectivity index (χ0) is 23.0. The van der Waals surface area contributed by atoms with E-state index in [1.165, 1.54) is 4.90 Å². The summed E-state index contributed by atoms with van der Waals surface area (Å²) in [6.07, 6.45) is 5.87. The van der Waals surface area contributed by atoms with Crippen LogP contribution in [0.5, 0.6) is 0 Å². The van der Waals surface area contributed by atoms with E-state index in [1.54, 1.807) is 13.0 Å². The fraction of sp³-hybridized carbons (Fsp3) is 0.364. The van der Waals surface area contributed by atoms with E-state index in [1.807, 2.05) is 37.2 Å². The minimum Gasteiger partial charge on any atom is -0.442 e. The molecule has 1 aliphatic carbocycles. The van der Waals surface area contributed by atoms with Crippen molar-refractivity contribution in [2.45, 2.75) is 25.2 Å². The molecule has 2 aliphatic heterocycles. The lowest BCUT2D eigenvalue weighted by atomic mass is 10.1. The third-order valence-corrected chi connectivity index (χ3v) is 5.44. The summed E-state index contributed by atoms with van der Waals surface area (Å²) in [6, 6.07) is 2.23. The molecular formula is C22H24F2N4O3S. The smallest absolute Gasteiger partial charge is 0.414 e. The molecule has 1 aromatic rings. The van der Waals surface area contributed by atoms with Crippen LogP contribution in [0.4, 0.5) is 25.0 Å². The third kappa shape index (κ3) is 4.76. The van der Waals surface area contributed by atoms with Crippen molar-refractivity contribution in [3.05, 3.63) is 59.5 Å². The number of anilines is 2. The SMILES string of the molecule is CC(=S)NC[C@H]1CN(c2cc(F)c(N/C3=C/C=C(N(C)C)\C=C/C4OC34)c(F)c2)C(=O)O1. The number of thiocarbonyl (C=S) groups is 1. The van der Waals surface area contributed by atoms with Crippen molar-refractivity contribution >= 4 is 34.7 Å². The van der Waals surface area contributed by atoms with Gasteiger partial charge in [0.1, 0.15) is 24.0 Å². The van der Waals surface area contributed by atoms with Gasteiger partial charge in [-0.3, -0.25) is 4.90 Å². The van der Waals surface area contributed by atoms with Crippen molar-refractivity contribution in [1.29, 1.82) is 0 Å². The number of hydrogen-bond acceptors (Lipinski definition) is 6. The maximum absolute atomic E-state index is 14.9. The number of nitrogens with one attached hydrogen (secondary N) is 2. The Morgan fingerprint density at radius 2 is 2.00 bits per heavy atom. The highest BCUT2D eigenvalue weighted by atomic mass is 32.1. The van der Waals surface area contributed by atoms with Crippen LogP contribution in [0.15, 0.2) is 47.8 Å². The number of carbonyl (C=O) groups is 1. The minimum atomic E-state index is -0.823. The number of likely N-dealkylation sites (N-methyl/N-ethyl adjacent to an activating group) is 1. The van der Waals surface area contributed by atoms with E-state index in [0.717, 1.165) is 17.8 Å². The zero-order valence-electron chi connectivity index (χ0n) is 17.9. The first kappa shape index (κ1) is 22.2. The van der Waals surface area contributed by atoms with Crippen molar-refractivity contribution in [3.8, 4) is 0 Å². The van der Waals surface area contributed by atoms with E-state index in [-0.39, 0.29) is 30.1 Å². The van der Waals surface area contributed by atoms with Crippen molar-refractivity contribution in [2.75, 3.05) is 37.4 Å². The van der Waals surface area contributed by atoms with Crippen LogP contribution in [0.1, 0.15) is 6.92 Å². The molecule has 2 N–H and O–H groups in total. The Morgan fingerprint density at radius 1 is 1.28 bits per heavy atom. The first-order valence-electron chi connectivity index (χ1n) is 10.1. The predicted molar refractivity (Wildman–Crippen MR) is 122 cm³/mol. The fourth-order valence-electron chi connectivity index (χ4n) is 3.53. The molecule has 1 amide bonds. The molecule has 170 valence electrons. The molecular weight excluding hydrogens is 438 g/mol. The average molecular weight is 463 g/mol. The molecule has 3 aliphatic rings. The van der Waals surface area contributed by atoms with Gasteiger partial charge >= 0.3 is 6.09 Å². The second-order valence-electron chi connectivity index (χ2n) is 7.95. The summed E-state index contributed by atoms with van der Waals surface area (Å²) in [4.78, 5) is 15.9. The molecule has 0 spiro atoms. The first-order valence-corrected chi connectivity index (χ1v) is 10.5. The van der Waals surface area contributed by atoms with Crippen molar-refractivity contribution in [1.82, 2.24) is 10.2 Å². The number of nitrogens with zero attached hydrogens (tertiary/aromatic N) is 2. The van der Waals surface area contributed by atoms with Crippen LogP contribution in [-0.2, 0) is 9.47 Å². The Kier molecular flexibility index (Phi) is 6.16. The maximum atomic E-state index is 14.9. The van der Waals surface area contributed by atoms with Crippen LogP contribution >= 0.6 is 12.2 Å². The molecule has 2 unspecified atom stereocenters. The lowest BCUT2D eigenvalue weighted by Crippen LogP contribution is -2.32. The second kappa shape index (κ2) is 8.87. The Hall–Kier alpha value is -2.98. The van der Waals surface area contributed by atoms with Gasteiger partial charge in [-0.25, -0.2) is 13.6 Å². The molecule has 3 atom stereocenters. The van der Waals surface area contributed by atoms with Gasteiger partial charge in [-0.15, -0.1) is 0 Å². The summed E-state index contributed by atoms with van der Waals surface area (Å²) in [6.45, 7) is 2.21. The number of amides is 1. The number of hydrogen-bond donors (Lipinski definition) is 2. The molecule has 1 aromatic carbocycles. The number of ether oxygens (including phenoxy) is 2. The van der Waals surface area contributed by atoms with E-state index in [9.17, 15) is 13.6 Å². The molecule has 0 aromatic heterocycles. The minimum absolute atomic E-state index is 0.0852. The van der Waals surface area contributed by atoms with Gasteiger partial charge in [0, 0.05) is 37.6 Å². The fourth-order valence-corrected chi connectivity index (χ4v) is 3.61. The molecule has 4 rings (SSSR count). The predicted octanol–water partition coefficient (Wildman–Crippen LogP) is 3.31. The molecule has 0 saturated carbocycles. The van der Waals surface area contributed by atoms with Gasteiger partial charge in [-0.2, -0.15) is 0 Å².